The third-order valence-electron chi connectivity index (χ3n) is 2.97. The van der Waals surface area contributed by atoms with Gasteiger partial charge in [-0.3, -0.25) is 4.79 Å². The molecule has 88 valence electrons. The Bertz CT molecular complexity index is 190. The van der Waals surface area contributed by atoms with Gasteiger partial charge in [0.15, 0.2) is 0 Å². The van der Waals surface area contributed by atoms with E-state index in [4.69, 9.17) is 9.84 Å². The minimum Gasteiger partial charge on any atom is -0.395 e. The molecular weight excluding hydrogens is 194 g/mol. The summed E-state index contributed by atoms with van der Waals surface area (Å²) in [6.07, 6.45) is 3.72. The first kappa shape index (κ1) is 12.5. The Hall–Kier alpha value is -0.610. The molecule has 4 nitrogen and oxygen atoms in total. The van der Waals surface area contributed by atoms with Gasteiger partial charge in [-0.25, -0.2) is 0 Å². The van der Waals surface area contributed by atoms with E-state index < -0.39 is 0 Å². The third-order valence-corrected chi connectivity index (χ3v) is 2.97. The average molecular weight is 215 g/mol. The number of rotatable bonds is 5. The van der Waals surface area contributed by atoms with Crippen LogP contribution in [0.1, 0.15) is 25.7 Å². The van der Waals surface area contributed by atoms with Gasteiger partial charge < -0.3 is 14.7 Å². The summed E-state index contributed by atoms with van der Waals surface area (Å²) in [5.74, 6) is 0.778. The number of carbonyl (C=O) groups excluding carboxylic acids is 1. The van der Waals surface area contributed by atoms with E-state index in [1.807, 2.05) is 0 Å². The molecule has 0 aliphatic carbocycles. The average Bonchev–Trinajstić information content (AvgIpc) is 2.27. The van der Waals surface area contributed by atoms with Gasteiger partial charge in [-0.2, -0.15) is 0 Å². The van der Waals surface area contributed by atoms with Crippen molar-refractivity contribution in [3.63, 3.8) is 0 Å². The number of amides is 1. The zero-order valence-electron chi connectivity index (χ0n) is 9.45. The minimum absolute atomic E-state index is 0.0412. The number of likely N-dealkylation sites (N-methyl/N-ethyl adjacent to an activating group) is 1. The molecule has 1 fully saturated rings. The fourth-order valence-corrected chi connectivity index (χ4v) is 1.83. The molecule has 0 bridgehead atoms. The highest BCUT2D eigenvalue weighted by Crippen LogP contribution is 2.20. The van der Waals surface area contributed by atoms with Gasteiger partial charge in [-0.1, -0.05) is 0 Å². The molecule has 1 rings (SSSR count). The second kappa shape index (κ2) is 6.80. The lowest BCUT2D eigenvalue weighted by atomic mass is 9.95. The zero-order valence-corrected chi connectivity index (χ0v) is 9.45. The monoisotopic (exact) mass is 215 g/mol. The lowest BCUT2D eigenvalue weighted by Gasteiger charge is -2.23. The molecule has 1 aliphatic rings. The summed E-state index contributed by atoms with van der Waals surface area (Å²) in [7, 11) is 1.74. The van der Waals surface area contributed by atoms with Crippen LogP contribution in [0.15, 0.2) is 0 Å². The molecule has 1 heterocycles. The Balaban J connectivity index is 2.14. The highest BCUT2D eigenvalue weighted by Gasteiger charge is 2.16. The first-order chi connectivity index (χ1) is 7.24. The molecule has 1 aliphatic heterocycles. The fraction of sp³-hybridized carbons (Fsp3) is 0.909. The number of carbonyl (C=O) groups is 1. The minimum atomic E-state index is 0.0412. The van der Waals surface area contributed by atoms with Crippen molar-refractivity contribution in [3.8, 4) is 0 Å². The molecule has 4 heteroatoms. The summed E-state index contributed by atoms with van der Waals surface area (Å²) in [5.41, 5.74) is 0. The molecule has 0 spiro atoms. The smallest absolute Gasteiger partial charge is 0.222 e. The van der Waals surface area contributed by atoms with Crippen LogP contribution in [0.3, 0.4) is 0 Å². The SMILES string of the molecule is CN(CCO)C(=O)CCC1CCOCC1. The summed E-state index contributed by atoms with van der Waals surface area (Å²) in [5, 5.41) is 8.69. The highest BCUT2D eigenvalue weighted by atomic mass is 16.5. The summed E-state index contributed by atoms with van der Waals surface area (Å²) in [6.45, 7) is 2.16. The molecule has 0 aromatic carbocycles. The predicted molar refractivity (Wildman–Crippen MR) is 57.5 cm³/mol. The van der Waals surface area contributed by atoms with Crippen molar-refractivity contribution in [1.82, 2.24) is 4.90 Å². The van der Waals surface area contributed by atoms with Crippen LogP contribution >= 0.6 is 0 Å². The Morgan fingerprint density at radius 2 is 2.13 bits per heavy atom. The Morgan fingerprint density at radius 1 is 1.47 bits per heavy atom. The molecular formula is C11H21NO3. The van der Waals surface area contributed by atoms with Crippen LogP contribution in [-0.4, -0.2) is 49.3 Å². The zero-order chi connectivity index (χ0) is 11.1. The van der Waals surface area contributed by atoms with Crippen LogP contribution < -0.4 is 0 Å². The van der Waals surface area contributed by atoms with E-state index >= 15 is 0 Å². The Kier molecular flexibility index (Phi) is 5.65. The second-order valence-corrected chi connectivity index (χ2v) is 4.13. The van der Waals surface area contributed by atoms with Crippen LogP contribution in [0.4, 0.5) is 0 Å². The van der Waals surface area contributed by atoms with Gasteiger partial charge in [0, 0.05) is 33.2 Å². The molecule has 1 saturated heterocycles. The van der Waals surface area contributed by atoms with Crippen LogP contribution in [0.5, 0.6) is 0 Å². The topological polar surface area (TPSA) is 49.8 Å². The van der Waals surface area contributed by atoms with E-state index in [9.17, 15) is 4.79 Å². The maximum absolute atomic E-state index is 11.6. The van der Waals surface area contributed by atoms with E-state index in [1.165, 1.54) is 0 Å². The number of nitrogens with zero attached hydrogens (tertiary/aromatic N) is 1. The van der Waals surface area contributed by atoms with Crippen LogP contribution in [0.2, 0.25) is 0 Å². The van der Waals surface area contributed by atoms with E-state index in [2.05, 4.69) is 0 Å². The van der Waals surface area contributed by atoms with Crippen molar-refractivity contribution in [2.75, 3.05) is 33.4 Å². The summed E-state index contributed by atoms with van der Waals surface area (Å²) in [6, 6.07) is 0. The number of hydrogen-bond acceptors (Lipinski definition) is 3. The van der Waals surface area contributed by atoms with E-state index in [0.717, 1.165) is 32.5 Å². The van der Waals surface area contributed by atoms with Crippen LogP contribution in [-0.2, 0) is 9.53 Å². The summed E-state index contributed by atoms with van der Waals surface area (Å²) in [4.78, 5) is 13.2. The largest absolute Gasteiger partial charge is 0.395 e. The van der Waals surface area contributed by atoms with Gasteiger partial charge >= 0.3 is 0 Å². The molecule has 0 saturated carbocycles. The quantitative estimate of drug-likeness (QED) is 0.732. The summed E-state index contributed by atoms with van der Waals surface area (Å²) >= 11 is 0. The molecule has 1 N–H and O–H groups in total. The van der Waals surface area contributed by atoms with Crippen molar-refractivity contribution in [1.29, 1.82) is 0 Å². The highest BCUT2D eigenvalue weighted by molar-refractivity contribution is 5.75. The first-order valence-corrected chi connectivity index (χ1v) is 5.66. The number of aliphatic hydroxyl groups is 1. The summed E-state index contributed by atoms with van der Waals surface area (Å²) < 4.78 is 5.26. The standard InChI is InChI=1S/C11H21NO3/c1-12(6-7-13)11(14)3-2-10-4-8-15-9-5-10/h10,13H,2-9H2,1H3. The molecule has 0 radical (unpaired) electrons. The van der Waals surface area contributed by atoms with Gasteiger partial charge in [-0.15, -0.1) is 0 Å². The van der Waals surface area contributed by atoms with Crippen LogP contribution in [0, 0.1) is 5.92 Å². The van der Waals surface area contributed by atoms with Crippen molar-refractivity contribution in [2.24, 2.45) is 5.92 Å². The van der Waals surface area contributed by atoms with Crippen molar-refractivity contribution >= 4 is 5.91 Å². The van der Waals surface area contributed by atoms with Gasteiger partial charge in [0.25, 0.3) is 0 Å². The van der Waals surface area contributed by atoms with Gasteiger partial charge in [0.05, 0.1) is 6.61 Å². The van der Waals surface area contributed by atoms with Crippen LogP contribution in [0.25, 0.3) is 0 Å². The maximum atomic E-state index is 11.6. The fourth-order valence-electron chi connectivity index (χ4n) is 1.83. The normalized spacial score (nSPS) is 17.7. The van der Waals surface area contributed by atoms with Crippen molar-refractivity contribution in [3.05, 3.63) is 0 Å². The number of aliphatic hydroxyl groups excluding tert-OH is 1. The van der Waals surface area contributed by atoms with Crippen molar-refractivity contribution < 1.29 is 14.6 Å². The van der Waals surface area contributed by atoms with Gasteiger partial charge in [-0.05, 0) is 25.2 Å². The molecule has 0 atom stereocenters. The third kappa shape index (κ3) is 4.62. The molecule has 15 heavy (non-hydrogen) atoms. The van der Waals surface area contributed by atoms with Crippen molar-refractivity contribution in [2.45, 2.75) is 25.7 Å². The number of hydrogen-bond donors (Lipinski definition) is 1. The maximum Gasteiger partial charge on any atom is 0.222 e. The Morgan fingerprint density at radius 3 is 2.73 bits per heavy atom. The van der Waals surface area contributed by atoms with Gasteiger partial charge in [0.2, 0.25) is 5.91 Å². The number of ether oxygens (including phenoxy) is 1. The lowest BCUT2D eigenvalue weighted by molar-refractivity contribution is -0.130. The van der Waals surface area contributed by atoms with E-state index in [0.29, 0.717) is 18.9 Å². The van der Waals surface area contributed by atoms with E-state index in [1.54, 1.807) is 11.9 Å². The Labute approximate surface area is 91.2 Å². The van der Waals surface area contributed by atoms with E-state index in [-0.39, 0.29) is 12.5 Å². The first-order valence-electron chi connectivity index (χ1n) is 5.66. The molecule has 1 amide bonds. The van der Waals surface area contributed by atoms with Gasteiger partial charge in [0.1, 0.15) is 0 Å². The molecule has 0 aromatic rings. The molecule has 0 aromatic heterocycles. The predicted octanol–water partition coefficient (Wildman–Crippen LogP) is 0.644. The lowest BCUT2D eigenvalue weighted by Crippen LogP contribution is -2.30. The second-order valence-electron chi connectivity index (χ2n) is 4.13. The molecule has 0 unspecified atom stereocenters.